The third kappa shape index (κ3) is 5.03. The van der Waals surface area contributed by atoms with Gasteiger partial charge in [0.2, 0.25) is 0 Å². The van der Waals surface area contributed by atoms with Crippen LogP contribution in [0, 0.1) is 0 Å². The lowest BCUT2D eigenvalue weighted by molar-refractivity contribution is 0.451. The second-order valence-corrected chi connectivity index (χ2v) is 10.7. The van der Waals surface area contributed by atoms with Crippen molar-refractivity contribution in [1.82, 2.24) is 0 Å². The van der Waals surface area contributed by atoms with E-state index in [0.29, 0.717) is 0 Å². The Kier molecular flexibility index (Phi) is 6.54. The molecule has 0 aliphatic heterocycles. The van der Waals surface area contributed by atoms with Gasteiger partial charge in [-0.25, -0.2) is 0 Å². The summed E-state index contributed by atoms with van der Waals surface area (Å²) in [6.45, 7) is 5.97. The molecule has 1 aromatic heterocycles. The highest BCUT2D eigenvalue weighted by Crippen LogP contribution is 2.36. The Morgan fingerprint density at radius 3 is 1.60 bits per heavy atom. The molecule has 160 valence electrons. The van der Waals surface area contributed by atoms with E-state index in [2.05, 4.69) is 0 Å². The highest BCUT2D eigenvalue weighted by Gasteiger charge is 2.24. The van der Waals surface area contributed by atoms with Crippen LogP contribution < -0.4 is 8.37 Å². The van der Waals surface area contributed by atoms with E-state index >= 15 is 0 Å². The van der Waals surface area contributed by atoms with Crippen LogP contribution in [-0.4, -0.2) is 16.8 Å². The smallest absolute Gasteiger partial charge is 0.339 e. The quantitative estimate of drug-likeness (QED) is 0.436. The van der Waals surface area contributed by atoms with Crippen molar-refractivity contribution in [3.05, 3.63) is 70.4 Å². The van der Waals surface area contributed by atoms with Gasteiger partial charge in [-0.3, -0.25) is 0 Å². The summed E-state index contributed by atoms with van der Waals surface area (Å²) in [5.41, 5.74) is 1.98. The first-order valence-electron chi connectivity index (χ1n) is 9.26. The molecule has 0 N–H and O–H groups in total. The fraction of sp³-hybridized carbons (Fsp3) is 0.238. The first-order valence-corrected chi connectivity index (χ1v) is 13.0. The van der Waals surface area contributed by atoms with Crippen molar-refractivity contribution in [2.45, 2.75) is 42.9 Å². The average molecular weight is 467 g/mol. The minimum Gasteiger partial charge on any atom is -0.374 e. The predicted molar refractivity (Wildman–Crippen MR) is 116 cm³/mol. The van der Waals surface area contributed by atoms with E-state index in [4.69, 9.17) is 8.37 Å². The van der Waals surface area contributed by atoms with Crippen molar-refractivity contribution in [2.24, 2.45) is 0 Å². The average Bonchev–Trinajstić information content (AvgIpc) is 3.13. The van der Waals surface area contributed by atoms with Crippen LogP contribution >= 0.6 is 11.3 Å². The van der Waals surface area contributed by atoms with E-state index in [-0.39, 0.29) is 27.2 Å². The third-order valence-electron chi connectivity index (χ3n) is 4.45. The molecule has 3 aromatic rings. The monoisotopic (exact) mass is 466 g/mol. The zero-order valence-electron chi connectivity index (χ0n) is 16.7. The van der Waals surface area contributed by atoms with Crippen molar-refractivity contribution in [1.29, 1.82) is 0 Å². The molecule has 0 amide bonds. The fourth-order valence-electron chi connectivity index (χ4n) is 2.64. The van der Waals surface area contributed by atoms with Crippen molar-refractivity contribution < 1.29 is 25.2 Å². The lowest BCUT2D eigenvalue weighted by atomic mass is 10.0. The molecule has 6 nitrogen and oxygen atoms in total. The molecule has 0 bridgehead atoms. The molecule has 0 unspecified atom stereocenters. The lowest BCUT2D eigenvalue weighted by Crippen LogP contribution is -2.13. The van der Waals surface area contributed by atoms with Crippen molar-refractivity contribution in [2.75, 3.05) is 0 Å². The number of thiophene rings is 1. The maximum atomic E-state index is 12.6. The number of hydrogen-bond donors (Lipinski definition) is 0. The predicted octanol–water partition coefficient (Wildman–Crippen LogP) is 4.97. The molecule has 0 aliphatic carbocycles. The third-order valence-corrected chi connectivity index (χ3v) is 7.64. The lowest BCUT2D eigenvalue weighted by Gasteiger charge is -2.11. The van der Waals surface area contributed by atoms with Gasteiger partial charge in [-0.1, -0.05) is 45.0 Å². The summed E-state index contributed by atoms with van der Waals surface area (Å²) < 4.78 is 60.7. The Balaban J connectivity index is 1.82. The van der Waals surface area contributed by atoms with Gasteiger partial charge < -0.3 is 8.37 Å². The molecule has 0 saturated carbocycles. The van der Waals surface area contributed by atoms with Gasteiger partial charge >= 0.3 is 20.2 Å². The summed E-state index contributed by atoms with van der Waals surface area (Å²) in [7, 11) is -8.28. The van der Waals surface area contributed by atoms with Gasteiger partial charge in [0.05, 0.1) is 0 Å². The molecule has 30 heavy (non-hydrogen) atoms. The van der Waals surface area contributed by atoms with E-state index in [1.807, 2.05) is 20.8 Å². The Morgan fingerprint density at radius 1 is 0.767 bits per heavy atom. The van der Waals surface area contributed by atoms with Gasteiger partial charge in [0.1, 0.15) is 9.79 Å². The Labute approximate surface area is 181 Å². The van der Waals surface area contributed by atoms with E-state index in [0.717, 1.165) is 28.9 Å². The van der Waals surface area contributed by atoms with Crippen LogP contribution in [0.25, 0.3) is 0 Å². The highest BCUT2D eigenvalue weighted by molar-refractivity contribution is 7.87. The molecule has 1 heterocycles. The van der Waals surface area contributed by atoms with Gasteiger partial charge in [-0.05, 0) is 47.7 Å². The Bertz CT molecular complexity index is 1210. The Hall–Kier alpha value is -2.36. The summed E-state index contributed by atoms with van der Waals surface area (Å²) in [5, 5.41) is 2.76. The summed E-state index contributed by atoms with van der Waals surface area (Å²) in [5.74, 6) is -0.0974. The van der Waals surface area contributed by atoms with Crippen LogP contribution in [0.5, 0.6) is 11.5 Å². The standard InChI is InChI=1S/C21H22O6S3/c1-4-16-5-9-18(10-6-16)29(22,23)26-20-13-28-14-21(20)27-30(24,25)19-11-7-17(8-12-19)15(2)3/h5-15H,4H2,1-3H3. The second-order valence-electron chi connectivity index (χ2n) is 6.90. The Morgan fingerprint density at radius 2 is 1.20 bits per heavy atom. The zero-order valence-corrected chi connectivity index (χ0v) is 19.2. The maximum Gasteiger partial charge on any atom is 0.339 e. The van der Waals surface area contributed by atoms with E-state index in [1.165, 1.54) is 35.0 Å². The van der Waals surface area contributed by atoms with Gasteiger partial charge in [0.25, 0.3) is 0 Å². The molecular formula is C21H22O6S3. The normalized spacial score (nSPS) is 12.1. The zero-order chi connectivity index (χ0) is 21.9. The van der Waals surface area contributed by atoms with E-state index < -0.39 is 20.2 Å². The molecule has 3 rings (SSSR count). The molecular weight excluding hydrogens is 444 g/mol. The highest BCUT2D eigenvalue weighted by atomic mass is 32.2. The SMILES string of the molecule is CCc1ccc(S(=O)(=O)Oc2cscc2OS(=O)(=O)c2ccc(C(C)C)cc2)cc1. The summed E-state index contributed by atoms with van der Waals surface area (Å²) in [4.78, 5) is -0.0500. The molecule has 0 atom stereocenters. The molecule has 0 aliphatic rings. The molecule has 0 radical (unpaired) electrons. The van der Waals surface area contributed by atoms with Crippen molar-refractivity contribution >= 4 is 31.6 Å². The maximum absolute atomic E-state index is 12.6. The van der Waals surface area contributed by atoms with Gasteiger partial charge in [0, 0.05) is 10.8 Å². The van der Waals surface area contributed by atoms with Crippen LogP contribution in [0.15, 0.2) is 69.1 Å². The van der Waals surface area contributed by atoms with Crippen LogP contribution in [0.2, 0.25) is 0 Å². The molecule has 9 heteroatoms. The van der Waals surface area contributed by atoms with Crippen molar-refractivity contribution in [3.63, 3.8) is 0 Å². The first-order chi connectivity index (χ1) is 14.1. The number of hydrogen-bond acceptors (Lipinski definition) is 7. The molecule has 0 fully saturated rings. The van der Waals surface area contributed by atoms with Gasteiger partial charge in [0.15, 0.2) is 11.5 Å². The van der Waals surface area contributed by atoms with E-state index in [9.17, 15) is 16.8 Å². The van der Waals surface area contributed by atoms with Gasteiger partial charge in [-0.2, -0.15) is 16.8 Å². The molecule has 0 saturated heterocycles. The number of rotatable bonds is 8. The first kappa shape index (κ1) is 22.3. The summed E-state index contributed by atoms with van der Waals surface area (Å²) >= 11 is 1.07. The van der Waals surface area contributed by atoms with Crippen LogP contribution in [0.4, 0.5) is 0 Å². The number of aryl methyl sites for hydroxylation is 1. The molecule has 0 spiro atoms. The van der Waals surface area contributed by atoms with Crippen LogP contribution in [-0.2, 0) is 26.7 Å². The van der Waals surface area contributed by atoms with Gasteiger partial charge in [-0.15, -0.1) is 11.3 Å². The minimum absolute atomic E-state index is 0.0241. The summed E-state index contributed by atoms with van der Waals surface area (Å²) in [6, 6.07) is 12.7. The van der Waals surface area contributed by atoms with E-state index in [1.54, 1.807) is 24.3 Å². The molecule has 2 aromatic carbocycles. The summed E-state index contributed by atoms with van der Waals surface area (Å²) in [6.07, 6.45) is 0.777. The van der Waals surface area contributed by atoms with Crippen LogP contribution in [0.3, 0.4) is 0 Å². The number of benzene rings is 2. The van der Waals surface area contributed by atoms with Crippen LogP contribution in [0.1, 0.15) is 37.8 Å². The van der Waals surface area contributed by atoms with Crippen molar-refractivity contribution in [3.8, 4) is 11.5 Å². The largest absolute Gasteiger partial charge is 0.374 e. The second kappa shape index (κ2) is 8.79. The fourth-order valence-corrected chi connectivity index (χ4v) is 5.27. The minimum atomic E-state index is -4.15. The topological polar surface area (TPSA) is 86.7 Å².